The Morgan fingerprint density at radius 2 is 2.22 bits per heavy atom. The Bertz CT molecular complexity index is 823. The van der Waals surface area contributed by atoms with Crippen molar-refractivity contribution in [1.82, 2.24) is 20.0 Å². The van der Waals surface area contributed by atoms with E-state index in [1.807, 2.05) is 6.92 Å². The summed E-state index contributed by atoms with van der Waals surface area (Å²) in [6.07, 6.45) is 9.35. The second-order valence-electron chi connectivity index (χ2n) is 7.12. The summed E-state index contributed by atoms with van der Waals surface area (Å²) in [6.45, 7) is 2.31. The van der Waals surface area contributed by atoms with Crippen LogP contribution < -0.4 is 11.1 Å². The van der Waals surface area contributed by atoms with Crippen LogP contribution in [0.3, 0.4) is 0 Å². The number of rotatable bonds is 6. The lowest BCUT2D eigenvalue weighted by atomic mass is 10.1. The Morgan fingerprint density at radius 3 is 2.74 bits per heavy atom. The lowest BCUT2D eigenvalue weighted by Crippen LogP contribution is -2.52. The third-order valence-electron chi connectivity index (χ3n) is 5.14. The van der Waals surface area contributed by atoms with Crippen molar-refractivity contribution in [3.05, 3.63) is 16.9 Å². The van der Waals surface area contributed by atoms with E-state index in [-0.39, 0.29) is 18.2 Å². The predicted octanol–water partition coefficient (Wildman–Crippen LogP) is 0.318. The monoisotopic (exact) mass is 391 g/mol. The van der Waals surface area contributed by atoms with Gasteiger partial charge in [0, 0.05) is 12.1 Å². The van der Waals surface area contributed by atoms with Crippen LogP contribution in [0.2, 0.25) is 5.15 Å². The number of terminal acetylenes is 1. The molecule has 2 heterocycles. The minimum absolute atomic E-state index is 0.144. The molecule has 0 spiro atoms. The molecule has 1 aromatic rings. The SMILES string of the molecule is C#C[C@H](CC(N)=O)NC(=O)[C@@H]1CCCN1C(=O)C1(n2ncc(C)c2Cl)CC1. The molecular formula is C18H22ClN5O3. The summed E-state index contributed by atoms with van der Waals surface area (Å²) in [5.74, 6) is 1.22. The molecular weight excluding hydrogens is 370 g/mol. The van der Waals surface area contributed by atoms with Crippen LogP contribution in [0.1, 0.15) is 37.7 Å². The quantitative estimate of drug-likeness (QED) is 0.680. The maximum absolute atomic E-state index is 13.3. The van der Waals surface area contributed by atoms with Crippen molar-refractivity contribution in [3.8, 4) is 12.3 Å². The fraction of sp³-hybridized carbons (Fsp3) is 0.556. The number of primary amides is 1. The van der Waals surface area contributed by atoms with E-state index in [0.717, 1.165) is 5.56 Å². The predicted molar refractivity (Wildman–Crippen MR) is 98.5 cm³/mol. The Labute approximate surface area is 162 Å². The molecule has 3 N–H and O–H groups in total. The maximum Gasteiger partial charge on any atom is 0.251 e. The molecule has 1 saturated heterocycles. The topological polar surface area (TPSA) is 110 Å². The van der Waals surface area contributed by atoms with Crippen molar-refractivity contribution < 1.29 is 14.4 Å². The van der Waals surface area contributed by atoms with Gasteiger partial charge in [-0.2, -0.15) is 5.10 Å². The summed E-state index contributed by atoms with van der Waals surface area (Å²) in [5.41, 5.74) is 5.14. The number of amides is 3. The van der Waals surface area contributed by atoms with E-state index in [0.29, 0.717) is 37.4 Å². The molecule has 0 radical (unpaired) electrons. The zero-order chi connectivity index (χ0) is 19.8. The fourth-order valence-electron chi connectivity index (χ4n) is 3.52. The molecule has 2 atom stereocenters. The van der Waals surface area contributed by atoms with Crippen LogP contribution in [0.25, 0.3) is 0 Å². The minimum Gasteiger partial charge on any atom is -0.370 e. The van der Waals surface area contributed by atoms with Gasteiger partial charge in [-0.05, 0) is 32.6 Å². The number of aryl methyl sites for hydroxylation is 1. The number of carbonyl (C=O) groups excluding carboxylic acids is 3. The highest BCUT2D eigenvalue weighted by atomic mass is 35.5. The minimum atomic E-state index is -0.813. The number of halogens is 1. The summed E-state index contributed by atoms with van der Waals surface area (Å²) in [6, 6.07) is -1.42. The van der Waals surface area contributed by atoms with Gasteiger partial charge >= 0.3 is 0 Å². The number of nitrogens with one attached hydrogen (secondary N) is 1. The summed E-state index contributed by atoms with van der Waals surface area (Å²) < 4.78 is 1.57. The molecule has 9 heteroatoms. The number of nitrogens with zero attached hydrogens (tertiary/aromatic N) is 3. The molecule has 0 unspecified atom stereocenters. The van der Waals surface area contributed by atoms with Crippen molar-refractivity contribution >= 4 is 29.3 Å². The van der Waals surface area contributed by atoms with Crippen LogP contribution >= 0.6 is 11.6 Å². The smallest absolute Gasteiger partial charge is 0.251 e. The lowest BCUT2D eigenvalue weighted by molar-refractivity contribution is -0.142. The van der Waals surface area contributed by atoms with Crippen LogP contribution in [0.5, 0.6) is 0 Å². The van der Waals surface area contributed by atoms with Gasteiger partial charge in [-0.15, -0.1) is 6.42 Å². The summed E-state index contributed by atoms with van der Waals surface area (Å²) in [4.78, 5) is 38.6. The zero-order valence-electron chi connectivity index (χ0n) is 15.1. The first-order chi connectivity index (χ1) is 12.8. The number of hydrogen-bond acceptors (Lipinski definition) is 4. The summed E-state index contributed by atoms with van der Waals surface area (Å²) >= 11 is 6.30. The lowest BCUT2D eigenvalue weighted by Gasteiger charge is -2.29. The number of aromatic nitrogens is 2. The van der Waals surface area contributed by atoms with Crippen molar-refractivity contribution in [3.63, 3.8) is 0 Å². The van der Waals surface area contributed by atoms with Crippen LogP contribution in [0.4, 0.5) is 0 Å². The molecule has 27 heavy (non-hydrogen) atoms. The van der Waals surface area contributed by atoms with Crippen LogP contribution in [0, 0.1) is 19.3 Å². The molecule has 1 aliphatic heterocycles. The fourth-order valence-corrected chi connectivity index (χ4v) is 3.77. The molecule has 144 valence electrons. The zero-order valence-corrected chi connectivity index (χ0v) is 15.8. The number of hydrogen-bond donors (Lipinski definition) is 2. The third-order valence-corrected chi connectivity index (χ3v) is 5.60. The van der Waals surface area contributed by atoms with Gasteiger partial charge in [-0.25, -0.2) is 4.68 Å². The van der Waals surface area contributed by atoms with Gasteiger partial charge in [-0.1, -0.05) is 17.5 Å². The first-order valence-corrected chi connectivity index (χ1v) is 9.24. The second kappa shape index (κ2) is 7.24. The Hall–Kier alpha value is -2.53. The van der Waals surface area contributed by atoms with E-state index in [4.69, 9.17) is 23.8 Å². The molecule has 1 saturated carbocycles. The standard InChI is InChI=1S/C18H22ClN5O3/c1-3-12(9-14(20)25)22-16(26)13-5-4-8-23(13)17(27)18(6-7-18)24-15(19)11(2)10-21-24/h1,10,12-13H,4-9H2,2H3,(H2,20,25)(H,22,26)/t12-,13+/m1/s1. The van der Waals surface area contributed by atoms with E-state index >= 15 is 0 Å². The van der Waals surface area contributed by atoms with E-state index in [1.165, 1.54) is 0 Å². The molecule has 1 aliphatic carbocycles. The normalized spacial score (nSPS) is 21.4. The van der Waals surface area contributed by atoms with Gasteiger partial charge in [0.15, 0.2) is 0 Å². The molecule has 3 rings (SSSR count). The third kappa shape index (κ3) is 3.52. The molecule has 0 bridgehead atoms. The van der Waals surface area contributed by atoms with Gasteiger partial charge < -0.3 is 16.0 Å². The molecule has 2 aliphatic rings. The van der Waals surface area contributed by atoms with Gasteiger partial charge in [0.25, 0.3) is 5.91 Å². The van der Waals surface area contributed by atoms with Crippen LogP contribution in [-0.2, 0) is 19.9 Å². The first kappa shape index (κ1) is 19.2. The van der Waals surface area contributed by atoms with Gasteiger partial charge in [-0.3, -0.25) is 14.4 Å². The summed E-state index contributed by atoms with van der Waals surface area (Å²) in [7, 11) is 0. The Morgan fingerprint density at radius 1 is 1.52 bits per heavy atom. The number of carbonyl (C=O) groups is 3. The molecule has 1 aromatic heterocycles. The molecule has 8 nitrogen and oxygen atoms in total. The Kier molecular flexibility index (Phi) is 5.16. The highest BCUT2D eigenvalue weighted by molar-refractivity contribution is 6.30. The molecule has 0 aromatic carbocycles. The highest BCUT2D eigenvalue weighted by Gasteiger charge is 2.57. The van der Waals surface area contributed by atoms with Crippen molar-refractivity contribution in [1.29, 1.82) is 0 Å². The van der Waals surface area contributed by atoms with E-state index < -0.39 is 23.5 Å². The van der Waals surface area contributed by atoms with Crippen molar-refractivity contribution in [2.75, 3.05) is 6.54 Å². The number of nitrogens with two attached hydrogens (primary N) is 1. The average molecular weight is 392 g/mol. The van der Waals surface area contributed by atoms with Gasteiger partial charge in [0.2, 0.25) is 11.8 Å². The average Bonchev–Trinajstić information content (AvgIpc) is 3.14. The van der Waals surface area contributed by atoms with Gasteiger partial charge in [0.05, 0.1) is 18.7 Å². The number of likely N-dealkylation sites (tertiary alicyclic amines) is 1. The first-order valence-electron chi connectivity index (χ1n) is 8.86. The van der Waals surface area contributed by atoms with E-state index in [9.17, 15) is 14.4 Å². The Balaban J connectivity index is 1.75. The van der Waals surface area contributed by atoms with Crippen LogP contribution in [0.15, 0.2) is 6.20 Å². The van der Waals surface area contributed by atoms with Crippen molar-refractivity contribution in [2.45, 2.75) is 56.7 Å². The maximum atomic E-state index is 13.3. The summed E-state index contributed by atoms with van der Waals surface area (Å²) in [5, 5.41) is 7.34. The highest BCUT2D eigenvalue weighted by Crippen LogP contribution is 2.47. The largest absolute Gasteiger partial charge is 0.370 e. The van der Waals surface area contributed by atoms with Gasteiger partial charge in [0.1, 0.15) is 16.7 Å². The molecule has 2 fully saturated rings. The van der Waals surface area contributed by atoms with E-state index in [2.05, 4.69) is 16.3 Å². The van der Waals surface area contributed by atoms with E-state index in [1.54, 1.807) is 15.8 Å². The van der Waals surface area contributed by atoms with Crippen LogP contribution in [-0.4, -0.2) is 51.0 Å². The molecule has 3 amide bonds. The second-order valence-corrected chi connectivity index (χ2v) is 7.47. The van der Waals surface area contributed by atoms with Crippen molar-refractivity contribution in [2.24, 2.45) is 5.73 Å².